The highest BCUT2D eigenvalue weighted by molar-refractivity contribution is 5.26. The van der Waals surface area contributed by atoms with Gasteiger partial charge in [0, 0.05) is 12.4 Å². The van der Waals surface area contributed by atoms with Crippen molar-refractivity contribution < 1.29 is 13.2 Å². The molecule has 0 aliphatic heterocycles. The zero-order chi connectivity index (χ0) is 13.0. The van der Waals surface area contributed by atoms with Gasteiger partial charge in [0.05, 0.1) is 12.2 Å². The normalized spacial score (nSPS) is 11.3. The van der Waals surface area contributed by atoms with E-state index in [-0.39, 0.29) is 12.5 Å². The van der Waals surface area contributed by atoms with E-state index in [2.05, 4.69) is 25.3 Å². The molecule has 5 nitrogen and oxygen atoms in total. The molecule has 2 heterocycles. The molecule has 0 bridgehead atoms. The molecule has 0 saturated heterocycles. The second-order valence-electron chi connectivity index (χ2n) is 3.32. The summed E-state index contributed by atoms with van der Waals surface area (Å²) in [6, 6.07) is 2.45. The highest BCUT2D eigenvalue weighted by Gasteiger charge is 2.32. The number of rotatable bonds is 3. The molecule has 0 atom stereocenters. The van der Waals surface area contributed by atoms with Crippen LogP contribution in [0.25, 0.3) is 0 Å². The predicted octanol–water partition coefficient (Wildman–Crippen LogP) is 1.90. The van der Waals surface area contributed by atoms with Crippen LogP contribution in [0.1, 0.15) is 11.4 Å². The first-order chi connectivity index (χ1) is 8.55. The Balaban J connectivity index is 2.06. The summed E-state index contributed by atoms with van der Waals surface area (Å²) in [5.41, 5.74) is -0.353. The molecule has 2 aromatic heterocycles. The molecule has 0 spiro atoms. The van der Waals surface area contributed by atoms with Crippen molar-refractivity contribution in [2.45, 2.75) is 12.7 Å². The van der Waals surface area contributed by atoms with E-state index in [1.165, 1.54) is 12.5 Å². The van der Waals surface area contributed by atoms with Crippen LogP contribution in [-0.2, 0) is 12.7 Å². The largest absolute Gasteiger partial charge is 0.433 e. The molecular formula is C10H8F3N5. The molecule has 0 radical (unpaired) electrons. The number of nitrogens with zero attached hydrogens (tertiary/aromatic N) is 4. The van der Waals surface area contributed by atoms with Crippen LogP contribution >= 0.6 is 0 Å². The fourth-order valence-corrected chi connectivity index (χ4v) is 1.19. The van der Waals surface area contributed by atoms with E-state index >= 15 is 0 Å². The van der Waals surface area contributed by atoms with Gasteiger partial charge in [-0.15, -0.1) is 0 Å². The van der Waals surface area contributed by atoms with Crippen molar-refractivity contribution in [1.82, 2.24) is 19.9 Å². The van der Waals surface area contributed by atoms with Crippen molar-refractivity contribution in [3.8, 4) is 0 Å². The zero-order valence-electron chi connectivity index (χ0n) is 9.02. The standard InChI is InChI=1S/C10H8F3N5/c11-10(12,13)8-2-4-15-9(18-8)16-5-7-1-3-14-6-17-7/h1-4,6H,5H2,(H,15,16,18). The minimum atomic E-state index is -4.48. The van der Waals surface area contributed by atoms with Crippen molar-refractivity contribution in [3.63, 3.8) is 0 Å². The number of halogens is 3. The third kappa shape index (κ3) is 3.12. The maximum absolute atomic E-state index is 12.4. The van der Waals surface area contributed by atoms with Crippen LogP contribution in [0.15, 0.2) is 30.9 Å². The lowest BCUT2D eigenvalue weighted by Crippen LogP contribution is -2.11. The van der Waals surface area contributed by atoms with Gasteiger partial charge in [0.25, 0.3) is 0 Å². The summed E-state index contributed by atoms with van der Waals surface area (Å²) in [6.45, 7) is 0.226. The van der Waals surface area contributed by atoms with Gasteiger partial charge in [-0.3, -0.25) is 0 Å². The van der Waals surface area contributed by atoms with Gasteiger partial charge in [-0.1, -0.05) is 0 Å². The molecule has 0 fully saturated rings. The van der Waals surface area contributed by atoms with Crippen LogP contribution in [-0.4, -0.2) is 19.9 Å². The minimum absolute atomic E-state index is 0.0940. The first kappa shape index (κ1) is 12.2. The number of nitrogens with one attached hydrogen (secondary N) is 1. The monoisotopic (exact) mass is 255 g/mol. The molecule has 0 aromatic carbocycles. The lowest BCUT2D eigenvalue weighted by molar-refractivity contribution is -0.141. The van der Waals surface area contributed by atoms with Crippen LogP contribution in [0.4, 0.5) is 19.1 Å². The second-order valence-corrected chi connectivity index (χ2v) is 3.32. The zero-order valence-corrected chi connectivity index (χ0v) is 9.02. The van der Waals surface area contributed by atoms with Crippen LogP contribution < -0.4 is 5.32 Å². The third-order valence-electron chi connectivity index (χ3n) is 2.02. The number of aromatic nitrogens is 4. The Morgan fingerprint density at radius 3 is 2.61 bits per heavy atom. The lowest BCUT2D eigenvalue weighted by atomic mass is 10.4. The van der Waals surface area contributed by atoms with Gasteiger partial charge >= 0.3 is 6.18 Å². The average Bonchev–Trinajstić information content (AvgIpc) is 2.37. The summed E-state index contributed by atoms with van der Waals surface area (Å²) in [7, 11) is 0. The quantitative estimate of drug-likeness (QED) is 0.907. The van der Waals surface area contributed by atoms with Crippen molar-refractivity contribution >= 4 is 5.95 Å². The Kier molecular flexibility index (Phi) is 3.35. The second kappa shape index (κ2) is 4.94. The average molecular weight is 255 g/mol. The maximum atomic E-state index is 12.4. The van der Waals surface area contributed by atoms with Gasteiger partial charge in [-0.2, -0.15) is 13.2 Å². The number of hydrogen-bond acceptors (Lipinski definition) is 5. The van der Waals surface area contributed by atoms with Gasteiger partial charge in [-0.05, 0) is 12.1 Å². The van der Waals surface area contributed by atoms with E-state index in [1.54, 1.807) is 6.07 Å². The molecular weight excluding hydrogens is 247 g/mol. The van der Waals surface area contributed by atoms with E-state index in [1.807, 2.05) is 0 Å². The molecule has 0 aliphatic carbocycles. The first-order valence-corrected chi connectivity index (χ1v) is 4.95. The molecule has 0 unspecified atom stereocenters. The summed E-state index contributed by atoms with van der Waals surface area (Å²) in [5.74, 6) is -0.0940. The Labute approximate surface area is 100 Å². The molecule has 18 heavy (non-hydrogen) atoms. The number of anilines is 1. The van der Waals surface area contributed by atoms with Crippen molar-refractivity contribution in [1.29, 1.82) is 0 Å². The van der Waals surface area contributed by atoms with E-state index in [0.717, 1.165) is 12.3 Å². The van der Waals surface area contributed by atoms with Crippen LogP contribution in [0.2, 0.25) is 0 Å². The molecule has 0 amide bonds. The Morgan fingerprint density at radius 2 is 1.94 bits per heavy atom. The van der Waals surface area contributed by atoms with Crippen LogP contribution in [0.3, 0.4) is 0 Å². The summed E-state index contributed by atoms with van der Waals surface area (Å²) in [4.78, 5) is 14.7. The Bertz CT molecular complexity index is 514. The summed E-state index contributed by atoms with van der Waals surface area (Å²) in [5, 5.41) is 2.66. The van der Waals surface area contributed by atoms with Gasteiger partial charge in [0.15, 0.2) is 0 Å². The van der Waals surface area contributed by atoms with E-state index in [9.17, 15) is 13.2 Å². The summed E-state index contributed by atoms with van der Waals surface area (Å²) < 4.78 is 37.2. The van der Waals surface area contributed by atoms with E-state index in [4.69, 9.17) is 0 Å². The van der Waals surface area contributed by atoms with E-state index in [0.29, 0.717) is 5.69 Å². The molecule has 2 aromatic rings. The maximum Gasteiger partial charge on any atom is 0.433 e. The van der Waals surface area contributed by atoms with Crippen LogP contribution in [0, 0.1) is 0 Å². The van der Waals surface area contributed by atoms with Crippen molar-refractivity contribution in [2.75, 3.05) is 5.32 Å². The summed E-state index contributed by atoms with van der Waals surface area (Å²) in [6.07, 6.45) is -0.534. The first-order valence-electron chi connectivity index (χ1n) is 4.95. The number of alkyl halides is 3. The smallest absolute Gasteiger partial charge is 0.349 e. The fraction of sp³-hybridized carbons (Fsp3) is 0.200. The molecule has 94 valence electrons. The number of hydrogen-bond donors (Lipinski definition) is 1. The van der Waals surface area contributed by atoms with Crippen molar-refractivity contribution in [2.24, 2.45) is 0 Å². The third-order valence-corrected chi connectivity index (χ3v) is 2.02. The summed E-state index contributed by atoms with van der Waals surface area (Å²) >= 11 is 0. The molecule has 8 heteroatoms. The minimum Gasteiger partial charge on any atom is -0.349 e. The molecule has 1 N–H and O–H groups in total. The van der Waals surface area contributed by atoms with Gasteiger partial charge in [0.2, 0.25) is 5.95 Å². The molecule has 0 aliphatic rings. The topological polar surface area (TPSA) is 63.6 Å². The van der Waals surface area contributed by atoms with Crippen LogP contribution in [0.5, 0.6) is 0 Å². The van der Waals surface area contributed by atoms with Gasteiger partial charge < -0.3 is 5.32 Å². The van der Waals surface area contributed by atoms with Gasteiger partial charge in [0.1, 0.15) is 12.0 Å². The lowest BCUT2D eigenvalue weighted by Gasteiger charge is -2.08. The predicted molar refractivity (Wildman–Crippen MR) is 56.4 cm³/mol. The van der Waals surface area contributed by atoms with Gasteiger partial charge in [-0.25, -0.2) is 19.9 Å². The van der Waals surface area contributed by atoms with Crippen molar-refractivity contribution in [3.05, 3.63) is 42.2 Å². The molecule has 0 saturated carbocycles. The highest BCUT2D eigenvalue weighted by atomic mass is 19.4. The molecule has 2 rings (SSSR count). The Hall–Kier alpha value is -2.25. The van der Waals surface area contributed by atoms with E-state index < -0.39 is 11.9 Å². The fourth-order valence-electron chi connectivity index (χ4n) is 1.19. The highest BCUT2D eigenvalue weighted by Crippen LogP contribution is 2.27. The Morgan fingerprint density at radius 1 is 1.11 bits per heavy atom. The SMILES string of the molecule is FC(F)(F)c1ccnc(NCc2ccncn2)n1.